The van der Waals surface area contributed by atoms with Crippen molar-refractivity contribution in [2.24, 2.45) is 35.5 Å². The summed E-state index contributed by atoms with van der Waals surface area (Å²) in [5.41, 5.74) is 0.264. The maximum atomic E-state index is 5.83. The molecule has 0 aromatic heterocycles. The standard InChI is InChI=1S/C29H47NO/c1-28(2)20-27(21-29(3,4)30(28)31-5)26-18-16-25(17-19-26)24-14-12-23(13-15-24)22-10-8-6-7-9-11-22/h6-11,22-27H,12-21H2,1-5H3. The van der Waals surface area contributed by atoms with Crippen molar-refractivity contribution < 1.29 is 4.84 Å². The minimum atomic E-state index is 0.132. The Morgan fingerprint density at radius 1 is 0.581 bits per heavy atom. The second kappa shape index (κ2) is 9.56. The van der Waals surface area contributed by atoms with Crippen molar-refractivity contribution in [3.05, 3.63) is 36.5 Å². The Kier molecular flexibility index (Phi) is 7.18. The van der Waals surface area contributed by atoms with E-state index >= 15 is 0 Å². The molecule has 1 aliphatic heterocycles. The molecular weight excluding hydrogens is 378 g/mol. The zero-order valence-corrected chi connectivity index (χ0v) is 20.9. The van der Waals surface area contributed by atoms with E-state index in [9.17, 15) is 0 Å². The van der Waals surface area contributed by atoms with Crippen molar-refractivity contribution in [1.82, 2.24) is 5.06 Å². The van der Waals surface area contributed by atoms with Crippen LogP contribution in [0.4, 0.5) is 0 Å². The Hall–Kier alpha value is -0.860. The monoisotopic (exact) mass is 425 g/mol. The van der Waals surface area contributed by atoms with Crippen LogP contribution in [0, 0.1) is 35.5 Å². The molecule has 1 heterocycles. The number of piperidine rings is 1. The van der Waals surface area contributed by atoms with Gasteiger partial charge in [-0.15, -0.1) is 0 Å². The van der Waals surface area contributed by atoms with Gasteiger partial charge in [0.15, 0.2) is 0 Å². The van der Waals surface area contributed by atoms with Gasteiger partial charge in [-0.05, 0) is 127 Å². The molecule has 0 N–H and O–H groups in total. The van der Waals surface area contributed by atoms with Crippen LogP contribution in [-0.2, 0) is 4.84 Å². The molecule has 31 heavy (non-hydrogen) atoms. The maximum Gasteiger partial charge on any atom is 0.0575 e. The smallest absolute Gasteiger partial charge is 0.0575 e. The van der Waals surface area contributed by atoms with Gasteiger partial charge in [-0.25, -0.2) is 0 Å². The molecule has 3 fully saturated rings. The molecule has 174 valence electrons. The number of allylic oxidation sites excluding steroid dienone is 6. The van der Waals surface area contributed by atoms with Gasteiger partial charge in [-0.2, -0.15) is 5.06 Å². The molecule has 0 amide bonds. The predicted molar refractivity (Wildman–Crippen MR) is 132 cm³/mol. The number of hydrogen-bond donors (Lipinski definition) is 0. The van der Waals surface area contributed by atoms with Gasteiger partial charge in [0.2, 0.25) is 0 Å². The molecule has 3 aliphatic carbocycles. The first kappa shape index (κ1) is 23.3. The van der Waals surface area contributed by atoms with Crippen LogP contribution in [0.1, 0.15) is 91.9 Å². The first-order chi connectivity index (χ1) is 14.8. The van der Waals surface area contributed by atoms with Crippen molar-refractivity contribution in [3.63, 3.8) is 0 Å². The van der Waals surface area contributed by atoms with Gasteiger partial charge in [0, 0.05) is 11.1 Å². The van der Waals surface area contributed by atoms with Gasteiger partial charge >= 0.3 is 0 Å². The van der Waals surface area contributed by atoms with E-state index in [0.717, 1.165) is 29.6 Å². The van der Waals surface area contributed by atoms with Crippen molar-refractivity contribution in [2.75, 3.05) is 7.11 Å². The lowest BCUT2D eigenvalue weighted by molar-refractivity contribution is -0.275. The molecule has 2 heteroatoms. The van der Waals surface area contributed by atoms with Crippen LogP contribution in [-0.4, -0.2) is 23.3 Å². The summed E-state index contributed by atoms with van der Waals surface area (Å²) in [5, 5.41) is 2.27. The van der Waals surface area contributed by atoms with E-state index in [0.29, 0.717) is 5.92 Å². The summed E-state index contributed by atoms with van der Waals surface area (Å²) in [6, 6.07) is 0. The van der Waals surface area contributed by atoms with Gasteiger partial charge in [-0.1, -0.05) is 36.5 Å². The molecular formula is C29H47NO. The minimum Gasteiger partial charge on any atom is -0.301 e. The highest BCUT2D eigenvalue weighted by Crippen LogP contribution is 2.50. The molecule has 0 spiro atoms. The van der Waals surface area contributed by atoms with E-state index in [1.807, 2.05) is 7.11 Å². The number of rotatable bonds is 4. The molecule has 4 aliphatic rings. The Morgan fingerprint density at radius 3 is 1.39 bits per heavy atom. The second-order valence-corrected chi connectivity index (χ2v) is 12.4. The van der Waals surface area contributed by atoms with E-state index in [1.165, 1.54) is 64.2 Å². The Balaban J connectivity index is 1.27. The average molecular weight is 426 g/mol. The molecule has 0 aromatic carbocycles. The van der Waals surface area contributed by atoms with E-state index in [2.05, 4.69) is 69.2 Å². The fourth-order valence-corrected chi connectivity index (χ4v) is 8.15. The van der Waals surface area contributed by atoms with E-state index < -0.39 is 0 Å². The second-order valence-electron chi connectivity index (χ2n) is 12.4. The average Bonchev–Trinajstić information content (AvgIpc) is 3.02. The van der Waals surface area contributed by atoms with Gasteiger partial charge in [-0.3, -0.25) is 0 Å². The van der Waals surface area contributed by atoms with Crippen LogP contribution in [0.3, 0.4) is 0 Å². The fourth-order valence-electron chi connectivity index (χ4n) is 8.15. The highest BCUT2D eigenvalue weighted by molar-refractivity contribution is 5.20. The molecule has 4 rings (SSSR count). The quantitative estimate of drug-likeness (QED) is 0.457. The van der Waals surface area contributed by atoms with Crippen LogP contribution < -0.4 is 0 Å². The third-order valence-corrected chi connectivity index (χ3v) is 9.32. The molecule has 0 unspecified atom stereocenters. The zero-order valence-electron chi connectivity index (χ0n) is 20.9. The van der Waals surface area contributed by atoms with Crippen LogP contribution in [0.25, 0.3) is 0 Å². The lowest BCUT2D eigenvalue weighted by atomic mass is 9.62. The topological polar surface area (TPSA) is 12.5 Å². The number of hydroxylamine groups is 2. The van der Waals surface area contributed by atoms with Crippen LogP contribution in [0.2, 0.25) is 0 Å². The van der Waals surface area contributed by atoms with Gasteiger partial charge in [0.25, 0.3) is 0 Å². The summed E-state index contributed by atoms with van der Waals surface area (Å²) < 4.78 is 0. The summed E-state index contributed by atoms with van der Waals surface area (Å²) in [7, 11) is 1.85. The third kappa shape index (κ3) is 5.22. The van der Waals surface area contributed by atoms with Crippen LogP contribution in [0.5, 0.6) is 0 Å². The summed E-state index contributed by atoms with van der Waals surface area (Å²) in [6.45, 7) is 9.51. The first-order valence-electron chi connectivity index (χ1n) is 13.2. The SMILES string of the molecule is CON1C(C)(C)CC(C2CCC(C3CCC(C4C=CC=CC=C4)CC3)CC2)CC1(C)C. The van der Waals surface area contributed by atoms with Gasteiger partial charge in [0.05, 0.1) is 7.11 Å². The van der Waals surface area contributed by atoms with Gasteiger partial charge in [0.1, 0.15) is 0 Å². The maximum absolute atomic E-state index is 5.83. The summed E-state index contributed by atoms with van der Waals surface area (Å²) in [5.74, 6) is 5.32. The van der Waals surface area contributed by atoms with Crippen molar-refractivity contribution in [2.45, 2.75) is 103 Å². The van der Waals surface area contributed by atoms with Crippen LogP contribution >= 0.6 is 0 Å². The van der Waals surface area contributed by atoms with E-state index in [1.54, 1.807) is 0 Å². The molecule has 1 saturated heterocycles. The molecule has 0 aromatic rings. The molecule has 0 bridgehead atoms. The van der Waals surface area contributed by atoms with Gasteiger partial charge < -0.3 is 4.84 Å². The Labute approximate surface area is 192 Å². The lowest BCUT2D eigenvalue weighted by Crippen LogP contribution is -2.60. The summed E-state index contributed by atoms with van der Waals surface area (Å²) >= 11 is 0. The van der Waals surface area contributed by atoms with E-state index in [4.69, 9.17) is 4.84 Å². The largest absolute Gasteiger partial charge is 0.301 e. The Morgan fingerprint density at radius 2 is 0.968 bits per heavy atom. The normalized spacial score (nSPS) is 37.1. The first-order valence-corrected chi connectivity index (χ1v) is 13.2. The fraction of sp³-hybridized carbons (Fsp3) is 0.793. The highest BCUT2D eigenvalue weighted by atomic mass is 16.7. The van der Waals surface area contributed by atoms with Crippen LogP contribution in [0.15, 0.2) is 36.5 Å². The number of hydrogen-bond acceptors (Lipinski definition) is 2. The summed E-state index contributed by atoms with van der Waals surface area (Å²) in [4.78, 5) is 5.83. The van der Waals surface area contributed by atoms with Crippen molar-refractivity contribution in [1.29, 1.82) is 0 Å². The van der Waals surface area contributed by atoms with Crippen molar-refractivity contribution in [3.8, 4) is 0 Å². The summed E-state index contributed by atoms with van der Waals surface area (Å²) in [6.07, 6.45) is 27.9. The van der Waals surface area contributed by atoms with E-state index in [-0.39, 0.29) is 11.1 Å². The molecule has 2 nitrogen and oxygen atoms in total. The molecule has 2 saturated carbocycles. The zero-order chi connectivity index (χ0) is 22.1. The Bertz CT molecular complexity index is 637. The molecule has 0 atom stereocenters. The van der Waals surface area contributed by atoms with Crippen molar-refractivity contribution >= 4 is 0 Å². The minimum absolute atomic E-state index is 0.132. The lowest BCUT2D eigenvalue weighted by Gasteiger charge is -2.55. The third-order valence-electron chi connectivity index (χ3n) is 9.32. The molecule has 0 radical (unpaired) electrons. The number of nitrogens with zero attached hydrogens (tertiary/aromatic N) is 1. The predicted octanol–water partition coefficient (Wildman–Crippen LogP) is 7.73. The highest BCUT2D eigenvalue weighted by Gasteiger charge is 2.48.